The molecule has 0 radical (unpaired) electrons. The van der Waals surface area contributed by atoms with Crippen LogP contribution < -0.4 is 72.2 Å². The number of aliphatic carboxylic acids is 2. The molecular formula is C56H78Cl2N2O14. The van der Waals surface area contributed by atoms with Crippen LogP contribution in [0, 0.1) is 5.41 Å². The van der Waals surface area contributed by atoms with Crippen LogP contribution in [0.2, 0.25) is 0 Å². The number of carboxylic acid groups (broad SMARTS) is 2. The molecule has 2 aliphatic rings. The van der Waals surface area contributed by atoms with Crippen molar-refractivity contribution < 1.29 is 101 Å². The summed E-state index contributed by atoms with van der Waals surface area (Å²) in [6.45, 7) is 2.94. The second-order valence-electron chi connectivity index (χ2n) is 19.7. The van der Waals surface area contributed by atoms with E-state index in [2.05, 4.69) is 38.4 Å². The summed E-state index contributed by atoms with van der Waals surface area (Å²) >= 11 is 0. The Morgan fingerprint density at radius 1 is 0.514 bits per heavy atom. The SMILES string of the molecule is COc1cc2c(cc1OC)[C@H](c1cc(OC)c(OC)c(OC)c1)[N@+](C)(CCCC(CCCCC(=O)O)(CCC[N@@+]1(C)CCc3cc(OC)c(OC)cc3[C@H]1Cc1cc(OC)c(OC)c(OC)c1)C(=O)O)CC2.[Cl-].[Cl-]. The quantitative estimate of drug-likeness (QED) is 0.0661. The second kappa shape index (κ2) is 26.7. The van der Waals surface area contributed by atoms with Gasteiger partial charge in [-0.3, -0.25) is 9.59 Å². The zero-order valence-electron chi connectivity index (χ0n) is 45.3. The number of likely N-dealkylation sites (N-methyl/N-ethyl adjacent to an activating group) is 2. The maximum absolute atomic E-state index is 14.0. The summed E-state index contributed by atoms with van der Waals surface area (Å²) in [5, 5.41) is 21.0. The summed E-state index contributed by atoms with van der Waals surface area (Å²) in [5.41, 5.74) is 5.39. The fourth-order valence-electron chi connectivity index (χ4n) is 11.7. The molecule has 4 aromatic carbocycles. The molecule has 6 rings (SSSR count). The Hall–Kier alpha value is -5.68. The number of carbonyl (C=O) groups is 2. The van der Waals surface area contributed by atoms with E-state index < -0.39 is 17.4 Å². The summed E-state index contributed by atoms with van der Waals surface area (Å²) in [7, 11) is 20.7. The minimum atomic E-state index is -1.10. The molecule has 0 spiro atoms. The highest BCUT2D eigenvalue weighted by molar-refractivity contribution is 5.74. The molecule has 0 aliphatic carbocycles. The number of hydrogen-bond donors (Lipinski definition) is 2. The Morgan fingerprint density at radius 2 is 0.919 bits per heavy atom. The number of hydrogen-bond acceptors (Lipinski definition) is 12. The van der Waals surface area contributed by atoms with Crippen LogP contribution >= 0.6 is 0 Å². The zero-order valence-corrected chi connectivity index (χ0v) is 46.8. The van der Waals surface area contributed by atoms with E-state index in [1.54, 1.807) is 71.1 Å². The third kappa shape index (κ3) is 12.9. The number of benzene rings is 4. The number of rotatable bonds is 27. The van der Waals surface area contributed by atoms with Crippen LogP contribution in [0.15, 0.2) is 48.5 Å². The van der Waals surface area contributed by atoms with E-state index >= 15 is 0 Å². The molecule has 16 nitrogen and oxygen atoms in total. The Balaban J connectivity index is 0.00000593. The standard InChI is InChI=1S/C56H76N2O14.2ClH/c1-57(25-18-37-30-43(63-3)45(65-5)34-40(37)42(57)27-36-28-47(67-7)53(71-11)48(29-36)68-8)23-15-21-56(55(61)62,20-14-13-17-51(59)60)22-16-24-58(2)26-19-38-31-44(64-4)46(66-6)35-41(38)52(58)39-32-49(69-9)54(72-12)50(33-39)70-10;;/h28-35,42,52H,13-27H2,1-12H3;2*1H/t42-,52+,56?,57+,58-;;/m1../s1. The molecule has 18 heteroatoms. The van der Waals surface area contributed by atoms with Crippen molar-refractivity contribution in [3.63, 3.8) is 0 Å². The fraction of sp³-hybridized carbons (Fsp3) is 0.536. The van der Waals surface area contributed by atoms with Crippen LogP contribution in [0.5, 0.6) is 57.5 Å². The van der Waals surface area contributed by atoms with E-state index in [1.807, 2.05) is 24.3 Å². The molecule has 2 aliphatic heterocycles. The van der Waals surface area contributed by atoms with Gasteiger partial charge in [-0.05, 0) is 104 Å². The van der Waals surface area contributed by atoms with Crippen LogP contribution in [0.1, 0.15) is 96.8 Å². The minimum absolute atomic E-state index is 0. The molecule has 0 saturated carbocycles. The maximum atomic E-state index is 14.0. The van der Waals surface area contributed by atoms with E-state index in [0.717, 1.165) is 53.7 Å². The molecular weight excluding hydrogens is 996 g/mol. The third-order valence-corrected chi connectivity index (χ3v) is 15.7. The molecule has 5 atom stereocenters. The third-order valence-electron chi connectivity index (χ3n) is 15.7. The van der Waals surface area contributed by atoms with Crippen molar-refractivity contribution >= 4 is 11.9 Å². The molecule has 2 heterocycles. The Kier molecular flexibility index (Phi) is 22.0. The first-order chi connectivity index (χ1) is 34.5. The number of quaternary nitrogens is 2. The number of nitrogens with zero attached hydrogens (tertiary/aromatic N) is 2. The summed E-state index contributed by atoms with van der Waals surface area (Å²) in [6, 6.07) is 16.0. The highest BCUT2D eigenvalue weighted by atomic mass is 35.5. The molecule has 0 aromatic heterocycles. The van der Waals surface area contributed by atoms with Gasteiger partial charge in [-0.2, -0.15) is 0 Å². The van der Waals surface area contributed by atoms with Crippen molar-refractivity contribution in [2.24, 2.45) is 5.41 Å². The largest absolute Gasteiger partial charge is 1.00 e. The number of methoxy groups -OCH3 is 10. The van der Waals surface area contributed by atoms with Crippen LogP contribution in [0.25, 0.3) is 0 Å². The van der Waals surface area contributed by atoms with Gasteiger partial charge in [-0.25, -0.2) is 0 Å². The Bertz CT molecular complexity index is 2490. The fourth-order valence-corrected chi connectivity index (χ4v) is 11.7. The van der Waals surface area contributed by atoms with Crippen LogP contribution in [-0.4, -0.2) is 142 Å². The van der Waals surface area contributed by atoms with Gasteiger partial charge in [-0.15, -0.1) is 0 Å². The smallest absolute Gasteiger partial charge is 0.309 e. The molecule has 0 amide bonds. The second-order valence-corrected chi connectivity index (χ2v) is 19.7. The number of fused-ring (bicyclic) bond motifs is 2. The van der Waals surface area contributed by atoms with Crippen molar-refractivity contribution in [2.45, 2.75) is 82.7 Å². The topological polar surface area (TPSA) is 167 Å². The predicted octanol–water partition coefficient (Wildman–Crippen LogP) is 3.14. The highest BCUT2D eigenvalue weighted by Crippen LogP contribution is 2.50. The monoisotopic (exact) mass is 1070 g/mol. The van der Waals surface area contributed by atoms with Gasteiger partial charge in [0.2, 0.25) is 11.5 Å². The van der Waals surface area contributed by atoms with Gasteiger partial charge in [-0.1, -0.05) is 6.42 Å². The highest BCUT2D eigenvalue weighted by Gasteiger charge is 2.45. The maximum Gasteiger partial charge on any atom is 0.309 e. The summed E-state index contributed by atoms with van der Waals surface area (Å²) in [4.78, 5) is 25.7. The van der Waals surface area contributed by atoms with Gasteiger partial charge in [0.25, 0.3) is 0 Å². The van der Waals surface area contributed by atoms with Gasteiger partial charge in [0.15, 0.2) is 46.0 Å². The lowest BCUT2D eigenvalue weighted by molar-refractivity contribution is -0.941. The number of ether oxygens (including phenoxy) is 10. The van der Waals surface area contributed by atoms with E-state index in [1.165, 1.54) is 5.56 Å². The molecule has 0 fully saturated rings. The van der Waals surface area contributed by atoms with Crippen molar-refractivity contribution in [3.05, 3.63) is 81.9 Å². The van der Waals surface area contributed by atoms with Gasteiger partial charge < -0.3 is 91.4 Å². The van der Waals surface area contributed by atoms with Crippen LogP contribution in [0.4, 0.5) is 0 Å². The number of unbranched alkanes of at least 4 members (excludes halogenated alkanes) is 1. The van der Waals surface area contributed by atoms with Gasteiger partial charge in [0.05, 0.1) is 117 Å². The number of halogens is 2. The Labute approximate surface area is 450 Å². The lowest BCUT2D eigenvalue weighted by Gasteiger charge is -2.47. The van der Waals surface area contributed by atoms with Gasteiger partial charge >= 0.3 is 11.9 Å². The van der Waals surface area contributed by atoms with Crippen LogP contribution in [-0.2, 0) is 28.9 Å². The lowest BCUT2D eigenvalue weighted by Crippen LogP contribution is -3.00. The number of carboxylic acids is 2. The molecule has 0 bridgehead atoms. The summed E-state index contributed by atoms with van der Waals surface area (Å²) in [6.07, 6.45) is 5.51. The normalized spacial score (nSPS) is 19.4. The molecule has 1 unspecified atom stereocenters. The molecule has 4 aromatic rings. The molecule has 410 valence electrons. The van der Waals surface area contributed by atoms with E-state index in [4.69, 9.17) is 47.4 Å². The predicted molar refractivity (Wildman–Crippen MR) is 273 cm³/mol. The first-order valence-electron chi connectivity index (χ1n) is 24.8. The van der Waals surface area contributed by atoms with Crippen molar-refractivity contribution in [3.8, 4) is 57.5 Å². The van der Waals surface area contributed by atoms with Crippen molar-refractivity contribution in [1.82, 2.24) is 0 Å². The average Bonchev–Trinajstić information content (AvgIpc) is 3.38. The van der Waals surface area contributed by atoms with Crippen molar-refractivity contribution in [1.29, 1.82) is 0 Å². The van der Waals surface area contributed by atoms with Crippen molar-refractivity contribution in [2.75, 3.05) is 111 Å². The summed E-state index contributed by atoms with van der Waals surface area (Å²) < 4.78 is 59.1. The molecule has 2 N–H and O–H groups in total. The van der Waals surface area contributed by atoms with Gasteiger partial charge in [0.1, 0.15) is 12.1 Å². The lowest BCUT2D eigenvalue weighted by atomic mass is 9.74. The zero-order chi connectivity index (χ0) is 52.4. The van der Waals surface area contributed by atoms with E-state index in [9.17, 15) is 19.8 Å². The first-order valence-corrected chi connectivity index (χ1v) is 24.8. The minimum Gasteiger partial charge on any atom is -1.00 e. The Morgan fingerprint density at radius 3 is 1.36 bits per heavy atom. The molecule has 0 saturated heterocycles. The van der Waals surface area contributed by atoms with Crippen LogP contribution in [0.3, 0.4) is 0 Å². The van der Waals surface area contributed by atoms with E-state index in [0.29, 0.717) is 131 Å². The van der Waals surface area contributed by atoms with Gasteiger partial charge in [0, 0.05) is 42.4 Å². The van der Waals surface area contributed by atoms with E-state index in [-0.39, 0.29) is 43.3 Å². The molecule has 74 heavy (non-hydrogen) atoms. The summed E-state index contributed by atoms with van der Waals surface area (Å²) in [5.74, 6) is 4.08. The average molecular weight is 1070 g/mol. The first kappa shape index (κ1) is 60.9.